The summed E-state index contributed by atoms with van der Waals surface area (Å²) in [5.74, 6) is -0.578. The third-order valence-electron chi connectivity index (χ3n) is 4.03. The highest BCUT2D eigenvalue weighted by atomic mass is 79.9. The molecule has 0 saturated carbocycles. The zero-order valence-electron chi connectivity index (χ0n) is 11.5. The Morgan fingerprint density at radius 2 is 1.86 bits per heavy atom. The number of benzene rings is 1. The molecule has 0 radical (unpaired) electrons. The Morgan fingerprint density at radius 1 is 1.27 bits per heavy atom. The molecular weight excluding hydrogens is 418 g/mol. The standard InChI is InChI=1S/C13H15BrClFN2O2S.ClH/c14-11-3-7(16)4-12(15)13(11)21(19,20)18-10-5-8-1-2-9(6-10)17-8;/h3-4,8-10,17-18H,1-2,5-6H2;1H. The average Bonchev–Trinajstić information content (AvgIpc) is 2.66. The van der Waals surface area contributed by atoms with Gasteiger partial charge in [0.05, 0.1) is 5.02 Å². The van der Waals surface area contributed by atoms with E-state index < -0.39 is 15.8 Å². The second kappa shape index (κ2) is 6.91. The van der Waals surface area contributed by atoms with E-state index >= 15 is 0 Å². The molecule has 0 amide bonds. The number of sulfonamides is 1. The van der Waals surface area contributed by atoms with E-state index in [1.807, 2.05) is 0 Å². The summed E-state index contributed by atoms with van der Waals surface area (Å²) in [6, 6.07) is 2.76. The van der Waals surface area contributed by atoms with Gasteiger partial charge < -0.3 is 5.32 Å². The lowest BCUT2D eigenvalue weighted by molar-refractivity contribution is 0.345. The summed E-state index contributed by atoms with van der Waals surface area (Å²) < 4.78 is 41.1. The van der Waals surface area contributed by atoms with Crippen LogP contribution in [-0.2, 0) is 10.0 Å². The summed E-state index contributed by atoms with van der Waals surface area (Å²) in [7, 11) is -3.78. The highest BCUT2D eigenvalue weighted by Gasteiger charge is 2.36. The second-order valence-corrected chi connectivity index (χ2v) is 8.54. The highest BCUT2D eigenvalue weighted by Crippen LogP contribution is 2.32. The van der Waals surface area contributed by atoms with Crippen molar-refractivity contribution in [2.45, 2.75) is 48.7 Å². The van der Waals surface area contributed by atoms with Crippen LogP contribution in [-0.4, -0.2) is 26.5 Å². The summed E-state index contributed by atoms with van der Waals surface area (Å²) in [6.07, 6.45) is 3.71. The first-order valence-corrected chi connectivity index (χ1v) is 9.43. The number of rotatable bonds is 3. The highest BCUT2D eigenvalue weighted by molar-refractivity contribution is 9.10. The lowest BCUT2D eigenvalue weighted by Crippen LogP contribution is -2.48. The van der Waals surface area contributed by atoms with Gasteiger partial charge in [0.25, 0.3) is 0 Å². The van der Waals surface area contributed by atoms with Crippen LogP contribution < -0.4 is 10.0 Å². The van der Waals surface area contributed by atoms with E-state index in [1.165, 1.54) is 0 Å². The predicted molar refractivity (Wildman–Crippen MR) is 89.6 cm³/mol. The molecule has 2 fully saturated rings. The van der Waals surface area contributed by atoms with Crippen LogP contribution in [0.1, 0.15) is 25.7 Å². The van der Waals surface area contributed by atoms with Crippen LogP contribution in [0.3, 0.4) is 0 Å². The Labute approximate surface area is 148 Å². The van der Waals surface area contributed by atoms with Gasteiger partial charge in [0, 0.05) is 22.6 Å². The Hall–Kier alpha value is 0.0800. The molecule has 2 aliphatic heterocycles. The fourth-order valence-corrected chi connectivity index (χ4v) is 6.29. The number of hydrogen-bond donors (Lipinski definition) is 2. The predicted octanol–water partition coefficient (Wildman–Crippen LogP) is 3.22. The third-order valence-corrected chi connectivity index (χ3v) is 6.95. The van der Waals surface area contributed by atoms with Crippen LogP contribution in [0.5, 0.6) is 0 Å². The summed E-state index contributed by atoms with van der Waals surface area (Å²) >= 11 is 8.98. The van der Waals surface area contributed by atoms with Gasteiger partial charge in [-0.1, -0.05) is 11.6 Å². The number of hydrogen-bond acceptors (Lipinski definition) is 3. The van der Waals surface area contributed by atoms with Crippen molar-refractivity contribution in [2.24, 2.45) is 0 Å². The van der Waals surface area contributed by atoms with Gasteiger partial charge >= 0.3 is 0 Å². The first kappa shape index (κ1) is 18.4. The van der Waals surface area contributed by atoms with Gasteiger partial charge in [-0.3, -0.25) is 0 Å². The molecule has 3 rings (SSSR count). The van der Waals surface area contributed by atoms with Crippen molar-refractivity contribution in [1.82, 2.24) is 10.0 Å². The summed E-state index contributed by atoms with van der Waals surface area (Å²) in [6.45, 7) is 0. The molecular formula is C13H16BrCl2FN2O2S. The van der Waals surface area contributed by atoms with E-state index in [-0.39, 0.29) is 32.8 Å². The average molecular weight is 434 g/mol. The van der Waals surface area contributed by atoms with E-state index in [0.29, 0.717) is 12.1 Å². The van der Waals surface area contributed by atoms with Crippen LogP contribution >= 0.6 is 39.9 Å². The van der Waals surface area contributed by atoms with Crippen molar-refractivity contribution in [3.63, 3.8) is 0 Å². The summed E-state index contributed by atoms with van der Waals surface area (Å²) in [5.41, 5.74) is 0. The van der Waals surface area contributed by atoms with E-state index in [0.717, 1.165) is 37.8 Å². The second-order valence-electron chi connectivity index (χ2n) is 5.63. The van der Waals surface area contributed by atoms with E-state index in [2.05, 4.69) is 26.0 Å². The Morgan fingerprint density at radius 3 is 2.41 bits per heavy atom. The molecule has 2 unspecified atom stereocenters. The molecule has 4 nitrogen and oxygen atoms in total. The topological polar surface area (TPSA) is 58.2 Å². The van der Waals surface area contributed by atoms with Crippen molar-refractivity contribution >= 4 is 50.0 Å². The molecule has 0 spiro atoms. The molecule has 124 valence electrons. The molecule has 9 heteroatoms. The Kier molecular flexibility index (Phi) is 5.78. The minimum Gasteiger partial charge on any atom is -0.311 e. The van der Waals surface area contributed by atoms with E-state index in [9.17, 15) is 12.8 Å². The molecule has 1 aromatic rings. The molecule has 0 aliphatic carbocycles. The fourth-order valence-electron chi connectivity index (χ4n) is 3.22. The molecule has 0 aromatic heterocycles. The SMILES string of the molecule is Cl.O=S(=O)(NC1CC2CCC(C1)N2)c1c(Cl)cc(F)cc1Br. The first-order chi connectivity index (χ1) is 9.85. The molecule has 2 atom stereocenters. The van der Waals surface area contributed by atoms with E-state index in [4.69, 9.17) is 11.6 Å². The van der Waals surface area contributed by atoms with Crippen molar-refractivity contribution in [1.29, 1.82) is 0 Å². The zero-order chi connectivity index (χ0) is 15.2. The number of nitrogens with one attached hydrogen (secondary N) is 2. The van der Waals surface area contributed by atoms with Gasteiger partial charge in [-0.05, 0) is 53.7 Å². The van der Waals surface area contributed by atoms with Crippen LogP contribution in [0.4, 0.5) is 4.39 Å². The molecule has 2 N–H and O–H groups in total. The third kappa shape index (κ3) is 3.76. The van der Waals surface area contributed by atoms with Gasteiger partial charge in [-0.15, -0.1) is 12.4 Å². The van der Waals surface area contributed by atoms with Crippen molar-refractivity contribution in [3.05, 3.63) is 27.4 Å². The van der Waals surface area contributed by atoms with Gasteiger partial charge in [0.1, 0.15) is 10.7 Å². The smallest absolute Gasteiger partial charge is 0.243 e. The van der Waals surface area contributed by atoms with Gasteiger partial charge in [-0.25, -0.2) is 17.5 Å². The van der Waals surface area contributed by atoms with Crippen LogP contribution in [0.25, 0.3) is 0 Å². The zero-order valence-corrected chi connectivity index (χ0v) is 15.5. The molecule has 22 heavy (non-hydrogen) atoms. The summed E-state index contributed by atoms with van der Waals surface area (Å²) in [4.78, 5) is -0.101. The van der Waals surface area contributed by atoms with Crippen LogP contribution in [0, 0.1) is 5.82 Å². The molecule has 2 saturated heterocycles. The molecule has 2 aliphatic rings. The van der Waals surface area contributed by atoms with Gasteiger partial charge in [0.15, 0.2) is 0 Å². The normalized spacial score (nSPS) is 27.5. The molecule has 2 bridgehead atoms. The maximum Gasteiger partial charge on any atom is 0.243 e. The van der Waals surface area contributed by atoms with Crippen LogP contribution in [0.2, 0.25) is 5.02 Å². The minimum absolute atomic E-state index is 0. The fraction of sp³-hybridized carbons (Fsp3) is 0.538. The summed E-state index contributed by atoms with van der Waals surface area (Å²) in [5, 5.41) is 3.34. The van der Waals surface area contributed by atoms with Crippen LogP contribution in [0.15, 0.2) is 21.5 Å². The molecule has 2 heterocycles. The lowest BCUT2D eigenvalue weighted by Gasteiger charge is -2.29. The van der Waals surface area contributed by atoms with E-state index in [1.54, 1.807) is 0 Å². The van der Waals surface area contributed by atoms with Crippen molar-refractivity contribution in [2.75, 3.05) is 0 Å². The number of piperidine rings is 1. The number of fused-ring (bicyclic) bond motifs is 2. The van der Waals surface area contributed by atoms with Crippen molar-refractivity contribution < 1.29 is 12.8 Å². The number of halogens is 4. The van der Waals surface area contributed by atoms with Gasteiger partial charge in [-0.2, -0.15) is 0 Å². The Balaban J connectivity index is 0.00000176. The van der Waals surface area contributed by atoms with Gasteiger partial charge in [0.2, 0.25) is 10.0 Å². The first-order valence-electron chi connectivity index (χ1n) is 6.78. The molecule has 1 aromatic carbocycles. The van der Waals surface area contributed by atoms with Crippen molar-refractivity contribution in [3.8, 4) is 0 Å². The maximum atomic E-state index is 13.2. The largest absolute Gasteiger partial charge is 0.311 e. The Bertz CT molecular complexity index is 639. The lowest BCUT2D eigenvalue weighted by atomic mass is 10.0. The monoisotopic (exact) mass is 432 g/mol. The maximum absolute atomic E-state index is 13.2. The minimum atomic E-state index is -3.78. The quantitative estimate of drug-likeness (QED) is 0.769.